The molecular formula is C17H34N2. The number of hydrogen-bond acceptors (Lipinski definition) is 2. The topological polar surface area (TPSA) is 29.3 Å². The molecule has 0 aliphatic heterocycles. The van der Waals surface area contributed by atoms with Crippen molar-refractivity contribution in [1.82, 2.24) is 4.90 Å². The summed E-state index contributed by atoms with van der Waals surface area (Å²) in [5.41, 5.74) is 6.45. The molecule has 0 radical (unpaired) electrons. The maximum atomic E-state index is 6.45. The monoisotopic (exact) mass is 266 g/mol. The van der Waals surface area contributed by atoms with Gasteiger partial charge in [-0.25, -0.2) is 0 Å². The van der Waals surface area contributed by atoms with Crippen molar-refractivity contribution in [3.63, 3.8) is 0 Å². The van der Waals surface area contributed by atoms with E-state index < -0.39 is 0 Å². The Morgan fingerprint density at radius 3 is 2.16 bits per heavy atom. The summed E-state index contributed by atoms with van der Waals surface area (Å²) in [6.45, 7) is 4.76. The lowest BCUT2D eigenvalue weighted by Crippen LogP contribution is -2.53. The van der Waals surface area contributed by atoms with E-state index in [1.165, 1.54) is 57.8 Å². The van der Waals surface area contributed by atoms with Crippen LogP contribution in [0.3, 0.4) is 0 Å². The molecule has 2 saturated carbocycles. The van der Waals surface area contributed by atoms with Gasteiger partial charge >= 0.3 is 0 Å². The van der Waals surface area contributed by atoms with E-state index in [1.807, 2.05) is 0 Å². The molecule has 3 unspecified atom stereocenters. The van der Waals surface area contributed by atoms with Crippen molar-refractivity contribution < 1.29 is 0 Å². The normalized spacial score (nSPS) is 34.7. The SMILES string of the molecule is CC(C)C1CCC(N)C(N(C)C2CCCCCC2)C1. The molecule has 2 N–H and O–H groups in total. The first-order chi connectivity index (χ1) is 9.09. The summed E-state index contributed by atoms with van der Waals surface area (Å²) in [6.07, 6.45) is 12.4. The molecule has 0 spiro atoms. The van der Waals surface area contributed by atoms with Gasteiger partial charge in [0.2, 0.25) is 0 Å². The van der Waals surface area contributed by atoms with E-state index in [0.29, 0.717) is 12.1 Å². The summed E-state index contributed by atoms with van der Waals surface area (Å²) in [5, 5.41) is 0. The number of rotatable bonds is 3. The first kappa shape index (κ1) is 15.3. The minimum atomic E-state index is 0.406. The predicted octanol–water partition coefficient (Wildman–Crippen LogP) is 3.79. The van der Waals surface area contributed by atoms with Crippen LogP contribution in [0.2, 0.25) is 0 Å². The fourth-order valence-corrected chi connectivity index (χ4v) is 4.21. The molecule has 0 saturated heterocycles. The van der Waals surface area contributed by atoms with E-state index >= 15 is 0 Å². The lowest BCUT2D eigenvalue weighted by molar-refractivity contribution is 0.0776. The number of hydrogen-bond donors (Lipinski definition) is 1. The third kappa shape index (κ3) is 3.95. The molecule has 3 atom stereocenters. The van der Waals surface area contributed by atoms with Crippen LogP contribution in [0.5, 0.6) is 0 Å². The Bertz CT molecular complexity index is 256. The van der Waals surface area contributed by atoms with Crippen LogP contribution in [0, 0.1) is 11.8 Å². The molecule has 0 aromatic carbocycles. The fraction of sp³-hybridized carbons (Fsp3) is 1.00. The van der Waals surface area contributed by atoms with Gasteiger partial charge in [-0.15, -0.1) is 0 Å². The third-order valence-electron chi connectivity index (χ3n) is 5.78. The van der Waals surface area contributed by atoms with Crippen molar-refractivity contribution in [3.05, 3.63) is 0 Å². The van der Waals surface area contributed by atoms with Gasteiger partial charge in [0.05, 0.1) is 0 Å². The van der Waals surface area contributed by atoms with Gasteiger partial charge in [-0.1, -0.05) is 39.5 Å². The highest BCUT2D eigenvalue weighted by atomic mass is 15.2. The summed E-state index contributed by atoms with van der Waals surface area (Å²) in [6, 6.07) is 1.83. The lowest BCUT2D eigenvalue weighted by atomic mass is 9.76. The van der Waals surface area contributed by atoms with Gasteiger partial charge in [-0.2, -0.15) is 0 Å². The quantitative estimate of drug-likeness (QED) is 0.787. The Morgan fingerprint density at radius 1 is 0.947 bits per heavy atom. The number of likely N-dealkylation sites (N-methyl/N-ethyl adjacent to an activating group) is 1. The largest absolute Gasteiger partial charge is 0.326 e. The minimum Gasteiger partial charge on any atom is -0.326 e. The van der Waals surface area contributed by atoms with Crippen molar-refractivity contribution in [3.8, 4) is 0 Å². The van der Waals surface area contributed by atoms with E-state index in [-0.39, 0.29) is 0 Å². The predicted molar refractivity (Wildman–Crippen MR) is 83.2 cm³/mol. The molecule has 0 aromatic rings. The molecular weight excluding hydrogens is 232 g/mol. The average molecular weight is 266 g/mol. The highest BCUT2D eigenvalue weighted by Crippen LogP contribution is 2.34. The first-order valence-electron chi connectivity index (χ1n) is 8.57. The summed E-state index contributed by atoms with van der Waals surface area (Å²) in [4.78, 5) is 2.67. The summed E-state index contributed by atoms with van der Waals surface area (Å²) in [7, 11) is 2.35. The molecule has 0 bridgehead atoms. The Balaban J connectivity index is 1.96. The molecule has 0 amide bonds. The first-order valence-corrected chi connectivity index (χ1v) is 8.57. The summed E-state index contributed by atoms with van der Waals surface area (Å²) < 4.78 is 0. The zero-order chi connectivity index (χ0) is 13.8. The van der Waals surface area contributed by atoms with Crippen LogP contribution < -0.4 is 5.73 Å². The van der Waals surface area contributed by atoms with E-state index in [4.69, 9.17) is 5.73 Å². The van der Waals surface area contributed by atoms with Gasteiger partial charge in [0.1, 0.15) is 0 Å². The van der Waals surface area contributed by atoms with Crippen LogP contribution in [0.4, 0.5) is 0 Å². The van der Waals surface area contributed by atoms with Crippen molar-refractivity contribution in [1.29, 1.82) is 0 Å². The van der Waals surface area contributed by atoms with Crippen LogP contribution in [0.15, 0.2) is 0 Å². The van der Waals surface area contributed by atoms with Gasteiger partial charge in [-0.05, 0) is 51.0 Å². The Labute approximate surface area is 120 Å². The number of nitrogens with two attached hydrogens (primary N) is 1. The second-order valence-corrected chi connectivity index (χ2v) is 7.36. The standard InChI is InChI=1S/C17H34N2/c1-13(2)14-10-11-16(18)17(12-14)19(3)15-8-6-4-5-7-9-15/h13-17H,4-12,18H2,1-3H3. The Hall–Kier alpha value is -0.0800. The van der Waals surface area contributed by atoms with E-state index in [2.05, 4.69) is 25.8 Å². The zero-order valence-electron chi connectivity index (χ0n) is 13.3. The van der Waals surface area contributed by atoms with Gasteiger partial charge < -0.3 is 5.73 Å². The molecule has 0 aromatic heterocycles. The molecule has 2 aliphatic rings. The van der Waals surface area contributed by atoms with Gasteiger partial charge in [0.15, 0.2) is 0 Å². The summed E-state index contributed by atoms with van der Waals surface area (Å²) >= 11 is 0. The molecule has 2 nitrogen and oxygen atoms in total. The van der Waals surface area contributed by atoms with Gasteiger partial charge in [-0.3, -0.25) is 4.90 Å². The Kier molecular flexibility index (Phi) is 5.70. The van der Waals surface area contributed by atoms with Gasteiger partial charge in [0.25, 0.3) is 0 Å². The Morgan fingerprint density at radius 2 is 1.58 bits per heavy atom. The van der Waals surface area contributed by atoms with Gasteiger partial charge in [0, 0.05) is 18.1 Å². The van der Waals surface area contributed by atoms with Crippen LogP contribution in [0.1, 0.15) is 71.6 Å². The molecule has 2 heteroatoms. The fourth-order valence-electron chi connectivity index (χ4n) is 4.21. The molecule has 0 heterocycles. The van der Waals surface area contributed by atoms with Crippen LogP contribution in [0.25, 0.3) is 0 Å². The van der Waals surface area contributed by atoms with Crippen molar-refractivity contribution in [2.24, 2.45) is 17.6 Å². The van der Waals surface area contributed by atoms with E-state index in [9.17, 15) is 0 Å². The maximum absolute atomic E-state index is 6.45. The second kappa shape index (κ2) is 7.08. The van der Waals surface area contributed by atoms with Crippen molar-refractivity contribution >= 4 is 0 Å². The molecule has 2 aliphatic carbocycles. The van der Waals surface area contributed by atoms with Crippen LogP contribution >= 0.6 is 0 Å². The minimum absolute atomic E-state index is 0.406. The number of nitrogens with zero attached hydrogens (tertiary/aromatic N) is 1. The van der Waals surface area contributed by atoms with Crippen LogP contribution in [-0.4, -0.2) is 30.1 Å². The van der Waals surface area contributed by atoms with Crippen molar-refractivity contribution in [2.45, 2.75) is 89.8 Å². The molecule has 19 heavy (non-hydrogen) atoms. The molecule has 2 rings (SSSR count). The van der Waals surface area contributed by atoms with Crippen LogP contribution in [-0.2, 0) is 0 Å². The molecule has 2 fully saturated rings. The van der Waals surface area contributed by atoms with E-state index in [1.54, 1.807) is 0 Å². The zero-order valence-corrected chi connectivity index (χ0v) is 13.3. The third-order valence-corrected chi connectivity index (χ3v) is 5.78. The summed E-state index contributed by atoms with van der Waals surface area (Å²) in [5.74, 6) is 1.70. The highest BCUT2D eigenvalue weighted by molar-refractivity contribution is 4.91. The second-order valence-electron chi connectivity index (χ2n) is 7.36. The maximum Gasteiger partial charge on any atom is 0.0249 e. The van der Waals surface area contributed by atoms with E-state index in [0.717, 1.165) is 17.9 Å². The smallest absolute Gasteiger partial charge is 0.0249 e. The molecule has 112 valence electrons. The van der Waals surface area contributed by atoms with Crippen molar-refractivity contribution in [2.75, 3.05) is 7.05 Å². The highest BCUT2D eigenvalue weighted by Gasteiger charge is 2.34. The lowest BCUT2D eigenvalue weighted by Gasteiger charge is -2.44. The average Bonchev–Trinajstić information content (AvgIpc) is 2.67.